The molecule has 0 unspecified atom stereocenters. The third-order valence-electron chi connectivity index (χ3n) is 3.05. The summed E-state index contributed by atoms with van der Waals surface area (Å²) in [6.07, 6.45) is 1.10. The van der Waals surface area contributed by atoms with Crippen LogP contribution < -0.4 is 5.32 Å². The van der Waals surface area contributed by atoms with Crippen molar-refractivity contribution in [3.05, 3.63) is 68.7 Å². The van der Waals surface area contributed by atoms with Gasteiger partial charge in [-0.1, -0.05) is 53.0 Å². The molecule has 0 spiro atoms. The Hall–Kier alpha value is -1.22. The standard InChI is InChI=1S/C16H14Cl3NO/c17-13-5-1-11(2-6-13)3-8-16(21)20-10-12-4-7-14(18)9-15(12)19/h1-2,4-7,9H,3,8,10H2,(H,20,21). The number of aryl methyl sites for hydroxylation is 1. The molecule has 0 fully saturated rings. The SMILES string of the molecule is O=C(CCc1ccc(Cl)cc1)NCc1ccc(Cl)cc1Cl. The largest absolute Gasteiger partial charge is 0.352 e. The molecule has 0 saturated carbocycles. The van der Waals surface area contributed by atoms with Crippen LogP contribution in [0.1, 0.15) is 17.5 Å². The molecule has 1 amide bonds. The van der Waals surface area contributed by atoms with Crippen molar-refractivity contribution in [3.63, 3.8) is 0 Å². The first-order chi connectivity index (χ1) is 10.0. The van der Waals surface area contributed by atoms with E-state index in [0.29, 0.717) is 34.5 Å². The van der Waals surface area contributed by atoms with E-state index in [1.807, 2.05) is 30.3 Å². The number of carbonyl (C=O) groups is 1. The molecule has 0 saturated heterocycles. The number of carbonyl (C=O) groups excluding carboxylic acids is 1. The quantitative estimate of drug-likeness (QED) is 0.823. The van der Waals surface area contributed by atoms with Gasteiger partial charge in [-0.25, -0.2) is 0 Å². The van der Waals surface area contributed by atoms with Crippen LogP contribution in [0.2, 0.25) is 15.1 Å². The van der Waals surface area contributed by atoms with Crippen LogP contribution in [-0.4, -0.2) is 5.91 Å². The van der Waals surface area contributed by atoms with Gasteiger partial charge in [-0.15, -0.1) is 0 Å². The van der Waals surface area contributed by atoms with Gasteiger partial charge < -0.3 is 5.32 Å². The number of rotatable bonds is 5. The topological polar surface area (TPSA) is 29.1 Å². The van der Waals surface area contributed by atoms with Crippen LogP contribution in [0.4, 0.5) is 0 Å². The molecule has 1 N–H and O–H groups in total. The van der Waals surface area contributed by atoms with Crippen molar-refractivity contribution in [2.45, 2.75) is 19.4 Å². The molecule has 0 bridgehead atoms. The molecule has 0 atom stereocenters. The maximum absolute atomic E-state index is 11.8. The van der Waals surface area contributed by atoms with Crippen molar-refractivity contribution in [2.75, 3.05) is 0 Å². The predicted octanol–water partition coefficient (Wildman–Crippen LogP) is 4.90. The number of hydrogen-bond donors (Lipinski definition) is 1. The normalized spacial score (nSPS) is 10.4. The molecule has 110 valence electrons. The summed E-state index contributed by atoms with van der Waals surface area (Å²) in [5.41, 5.74) is 1.93. The van der Waals surface area contributed by atoms with E-state index in [4.69, 9.17) is 34.8 Å². The second-order valence-corrected chi connectivity index (χ2v) is 5.92. The molecule has 2 aromatic rings. The van der Waals surface area contributed by atoms with Gasteiger partial charge in [-0.3, -0.25) is 4.79 Å². The van der Waals surface area contributed by atoms with Crippen molar-refractivity contribution in [1.82, 2.24) is 5.32 Å². The maximum atomic E-state index is 11.8. The van der Waals surface area contributed by atoms with Gasteiger partial charge in [0.15, 0.2) is 0 Å². The molecule has 2 nitrogen and oxygen atoms in total. The smallest absolute Gasteiger partial charge is 0.220 e. The summed E-state index contributed by atoms with van der Waals surface area (Å²) in [5.74, 6) is -0.0176. The first-order valence-electron chi connectivity index (χ1n) is 6.49. The first kappa shape index (κ1) is 16.2. The lowest BCUT2D eigenvalue weighted by molar-refractivity contribution is -0.121. The fourth-order valence-electron chi connectivity index (χ4n) is 1.86. The van der Waals surface area contributed by atoms with Crippen molar-refractivity contribution in [3.8, 4) is 0 Å². The molecule has 0 aliphatic rings. The fourth-order valence-corrected chi connectivity index (χ4v) is 2.46. The lowest BCUT2D eigenvalue weighted by Gasteiger charge is -2.07. The Bertz CT molecular complexity index is 626. The van der Waals surface area contributed by atoms with Crippen LogP contribution in [0, 0.1) is 0 Å². The van der Waals surface area contributed by atoms with Gasteiger partial charge in [0, 0.05) is 28.0 Å². The third-order valence-corrected chi connectivity index (χ3v) is 3.88. The van der Waals surface area contributed by atoms with E-state index in [9.17, 15) is 4.79 Å². The Morgan fingerprint density at radius 1 is 0.952 bits per heavy atom. The van der Waals surface area contributed by atoms with Gasteiger partial charge in [0.1, 0.15) is 0 Å². The molecule has 2 rings (SSSR count). The minimum atomic E-state index is -0.0176. The van der Waals surface area contributed by atoms with Crippen molar-refractivity contribution >= 4 is 40.7 Å². The Morgan fingerprint density at radius 3 is 2.29 bits per heavy atom. The molecule has 0 aliphatic heterocycles. The van der Waals surface area contributed by atoms with Crippen molar-refractivity contribution < 1.29 is 4.79 Å². The highest BCUT2D eigenvalue weighted by Crippen LogP contribution is 2.20. The first-order valence-corrected chi connectivity index (χ1v) is 7.63. The zero-order chi connectivity index (χ0) is 15.2. The molecular weight excluding hydrogens is 329 g/mol. The van der Waals surface area contributed by atoms with E-state index in [2.05, 4.69) is 5.32 Å². The second-order valence-electron chi connectivity index (χ2n) is 4.64. The molecule has 0 radical (unpaired) electrons. The molecule has 0 heterocycles. The Morgan fingerprint density at radius 2 is 1.62 bits per heavy atom. The van der Waals surface area contributed by atoms with Gasteiger partial charge in [0.2, 0.25) is 5.91 Å². The zero-order valence-electron chi connectivity index (χ0n) is 11.2. The van der Waals surface area contributed by atoms with E-state index in [0.717, 1.165) is 11.1 Å². The summed E-state index contributed by atoms with van der Waals surface area (Å²) >= 11 is 17.7. The number of nitrogens with one attached hydrogen (secondary N) is 1. The minimum Gasteiger partial charge on any atom is -0.352 e. The van der Waals surface area contributed by atoms with E-state index in [1.165, 1.54) is 0 Å². The van der Waals surface area contributed by atoms with E-state index < -0.39 is 0 Å². The molecule has 5 heteroatoms. The fraction of sp³-hybridized carbons (Fsp3) is 0.188. The van der Waals surface area contributed by atoms with Crippen molar-refractivity contribution in [2.24, 2.45) is 0 Å². The van der Waals surface area contributed by atoms with Crippen LogP contribution >= 0.6 is 34.8 Å². The molecule has 21 heavy (non-hydrogen) atoms. The van der Waals surface area contributed by atoms with E-state index in [-0.39, 0.29) is 5.91 Å². The maximum Gasteiger partial charge on any atom is 0.220 e. The second kappa shape index (κ2) is 7.69. The number of benzene rings is 2. The summed E-state index contributed by atoms with van der Waals surface area (Å²) in [4.78, 5) is 11.8. The summed E-state index contributed by atoms with van der Waals surface area (Å²) in [5, 5.41) is 4.68. The molecule has 0 aliphatic carbocycles. The number of hydrogen-bond acceptors (Lipinski definition) is 1. The minimum absolute atomic E-state index is 0.0176. The van der Waals surface area contributed by atoms with Crippen molar-refractivity contribution in [1.29, 1.82) is 0 Å². The lowest BCUT2D eigenvalue weighted by atomic mass is 10.1. The summed E-state index contributed by atoms with van der Waals surface area (Å²) in [6.45, 7) is 0.398. The van der Waals surface area contributed by atoms with Crippen LogP contribution in [-0.2, 0) is 17.8 Å². The van der Waals surface area contributed by atoms with Crippen LogP contribution in [0.3, 0.4) is 0 Å². The summed E-state index contributed by atoms with van der Waals surface area (Å²) in [7, 11) is 0. The average Bonchev–Trinajstić information content (AvgIpc) is 2.46. The number of amides is 1. The zero-order valence-corrected chi connectivity index (χ0v) is 13.5. The van der Waals surface area contributed by atoms with E-state index >= 15 is 0 Å². The van der Waals surface area contributed by atoms with E-state index in [1.54, 1.807) is 12.1 Å². The molecular formula is C16H14Cl3NO. The molecule has 2 aromatic carbocycles. The Balaban J connectivity index is 1.80. The summed E-state index contributed by atoms with van der Waals surface area (Å²) in [6, 6.07) is 12.7. The Labute approximate surface area is 139 Å². The van der Waals surface area contributed by atoms with Gasteiger partial charge in [0.25, 0.3) is 0 Å². The van der Waals surface area contributed by atoms with Gasteiger partial charge in [-0.2, -0.15) is 0 Å². The van der Waals surface area contributed by atoms with Crippen LogP contribution in [0.5, 0.6) is 0 Å². The highest BCUT2D eigenvalue weighted by atomic mass is 35.5. The van der Waals surface area contributed by atoms with Gasteiger partial charge >= 0.3 is 0 Å². The lowest BCUT2D eigenvalue weighted by Crippen LogP contribution is -2.23. The highest BCUT2D eigenvalue weighted by molar-refractivity contribution is 6.35. The molecule has 0 aromatic heterocycles. The summed E-state index contributed by atoms with van der Waals surface area (Å²) < 4.78 is 0. The van der Waals surface area contributed by atoms with Crippen LogP contribution in [0.15, 0.2) is 42.5 Å². The predicted molar refractivity (Wildman–Crippen MR) is 88.1 cm³/mol. The number of halogens is 3. The highest BCUT2D eigenvalue weighted by Gasteiger charge is 2.05. The van der Waals surface area contributed by atoms with Crippen LogP contribution in [0.25, 0.3) is 0 Å². The van der Waals surface area contributed by atoms with Gasteiger partial charge in [-0.05, 0) is 41.8 Å². The van der Waals surface area contributed by atoms with Gasteiger partial charge in [0.05, 0.1) is 0 Å². The third kappa shape index (κ3) is 5.24. The average molecular weight is 343 g/mol. The monoisotopic (exact) mass is 341 g/mol. The Kier molecular flexibility index (Phi) is 5.92.